The molecular weight excluding hydrogens is 188 g/mol. The fraction of sp³-hybridized carbons (Fsp3) is 0.231. The average Bonchev–Trinajstić information content (AvgIpc) is 2.27. The first-order chi connectivity index (χ1) is 7.38. The lowest BCUT2D eigenvalue weighted by molar-refractivity contribution is 0.321. The van der Waals surface area contributed by atoms with E-state index in [9.17, 15) is 0 Å². The second-order valence-electron chi connectivity index (χ2n) is 2.89. The van der Waals surface area contributed by atoms with E-state index in [1.165, 1.54) is 0 Å². The van der Waals surface area contributed by atoms with E-state index < -0.39 is 0 Å². The number of rotatable bonds is 6. The van der Waals surface area contributed by atoms with Gasteiger partial charge >= 0.3 is 0 Å². The van der Waals surface area contributed by atoms with Crippen molar-refractivity contribution < 1.29 is 9.47 Å². The van der Waals surface area contributed by atoms with E-state index in [1.54, 1.807) is 6.26 Å². The lowest BCUT2D eigenvalue weighted by Crippen LogP contribution is -1.94. The molecule has 0 N–H and O–H groups in total. The van der Waals surface area contributed by atoms with Crippen LogP contribution in [-0.4, -0.2) is 6.61 Å². The van der Waals surface area contributed by atoms with E-state index in [1.807, 2.05) is 43.3 Å². The third kappa shape index (κ3) is 3.90. The van der Waals surface area contributed by atoms with Gasteiger partial charge in [0.1, 0.15) is 0 Å². The van der Waals surface area contributed by atoms with E-state index in [0.717, 1.165) is 17.9 Å². The molecule has 2 nitrogen and oxygen atoms in total. The minimum absolute atomic E-state index is 0.636. The molecule has 0 heterocycles. The van der Waals surface area contributed by atoms with Crippen molar-refractivity contribution in [1.29, 1.82) is 0 Å². The summed E-state index contributed by atoms with van der Waals surface area (Å²) in [7, 11) is 0. The first kappa shape index (κ1) is 11.4. The van der Waals surface area contributed by atoms with E-state index in [2.05, 4.69) is 6.58 Å². The van der Waals surface area contributed by atoms with Crippen LogP contribution in [0.15, 0.2) is 49.3 Å². The van der Waals surface area contributed by atoms with Crippen molar-refractivity contribution in [2.24, 2.45) is 0 Å². The fourth-order valence-electron chi connectivity index (χ4n) is 1.10. The van der Waals surface area contributed by atoms with Gasteiger partial charge in [0.15, 0.2) is 11.5 Å². The number of para-hydroxylation sites is 2. The fourth-order valence-corrected chi connectivity index (χ4v) is 1.10. The van der Waals surface area contributed by atoms with E-state index in [-0.39, 0.29) is 0 Å². The number of hydrogen-bond donors (Lipinski definition) is 0. The molecule has 1 aromatic carbocycles. The molecule has 2 heteroatoms. The van der Waals surface area contributed by atoms with Gasteiger partial charge in [-0.05, 0) is 31.6 Å². The Kier molecular flexibility index (Phi) is 5.09. The molecule has 80 valence electrons. The molecule has 0 amide bonds. The van der Waals surface area contributed by atoms with Gasteiger partial charge in [-0.25, -0.2) is 0 Å². The average molecular weight is 204 g/mol. The maximum atomic E-state index is 5.44. The van der Waals surface area contributed by atoms with Gasteiger partial charge in [0.2, 0.25) is 0 Å². The minimum atomic E-state index is 0.636. The summed E-state index contributed by atoms with van der Waals surface area (Å²) in [5.74, 6) is 1.50. The van der Waals surface area contributed by atoms with Crippen LogP contribution in [0.4, 0.5) is 0 Å². The van der Waals surface area contributed by atoms with Crippen molar-refractivity contribution in [3.8, 4) is 11.5 Å². The third-order valence-electron chi connectivity index (χ3n) is 1.74. The second-order valence-corrected chi connectivity index (χ2v) is 2.89. The highest BCUT2D eigenvalue weighted by Gasteiger charge is 2.00. The normalized spacial score (nSPS) is 10.2. The van der Waals surface area contributed by atoms with Crippen molar-refractivity contribution in [2.75, 3.05) is 6.61 Å². The first-order valence-electron chi connectivity index (χ1n) is 5.03. The lowest BCUT2D eigenvalue weighted by atomic mass is 10.3. The summed E-state index contributed by atoms with van der Waals surface area (Å²) in [6.45, 7) is 6.21. The molecule has 0 saturated carbocycles. The summed E-state index contributed by atoms with van der Waals surface area (Å²) in [5, 5.41) is 0. The SMILES string of the molecule is C=CCC=COc1ccccc1OCC. The van der Waals surface area contributed by atoms with Crippen molar-refractivity contribution in [2.45, 2.75) is 13.3 Å². The topological polar surface area (TPSA) is 18.5 Å². The summed E-state index contributed by atoms with van der Waals surface area (Å²) < 4.78 is 10.9. The molecular formula is C13H16O2. The lowest BCUT2D eigenvalue weighted by Gasteiger charge is -2.07. The van der Waals surface area contributed by atoms with Crippen LogP contribution in [0.5, 0.6) is 11.5 Å². The summed E-state index contributed by atoms with van der Waals surface area (Å²) in [4.78, 5) is 0. The van der Waals surface area contributed by atoms with Crippen LogP contribution >= 0.6 is 0 Å². The molecule has 0 fully saturated rings. The standard InChI is InChI=1S/C13H16O2/c1-3-5-8-11-15-13-10-7-6-9-12(13)14-4-2/h3,6-11H,1,4-5H2,2H3. The van der Waals surface area contributed by atoms with Crippen molar-refractivity contribution in [3.63, 3.8) is 0 Å². The van der Waals surface area contributed by atoms with Gasteiger partial charge in [-0.2, -0.15) is 0 Å². The largest absolute Gasteiger partial charge is 0.490 e. The van der Waals surface area contributed by atoms with Gasteiger partial charge in [-0.3, -0.25) is 0 Å². The second kappa shape index (κ2) is 6.71. The Balaban J connectivity index is 2.62. The van der Waals surface area contributed by atoms with E-state index in [0.29, 0.717) is 6.61 Å². The molecule has 0 spiro atoms. The number of allylic oxidation sites excluding steroid dienone is 2. The molecule has 0 saturated heterocycles. The smallest absolute Gasteiger partial charge is 0.168 e. The Morgan fingerprint density at radius 1 is 1.27 bits per heavy atom. The Morgan fingerprint density at radius 2 is 2.00 bits per heavy atom. The van der Waals surface area contributed by atoms with Gasteiger partial charge in [0, 0.05) is 0 Å². The zero-order chi connectivity index (χ0) is 10.9. The highest BCUT2D eigenvalue weighted by Crippen LogP contribution is 2.26. The van der Waals surface area contributed by atoms with Crippen molar-refractivity contribution >= 4 is 0 Å². The summed E-state index contributed by atoms with van der Waals surface area (Å²) in [5.41, 5.74) is 0. The minimum Gasteiger partial charge on any atom is -0.490 e. The number of benzene rings is 1. The van der Waals surface area contributed by atoms with Crippen LogP contribution in [0.1, 0.15) is 13.3 Å². The van der Waals surface area contributed by atoms with Gasteiger partial charge in [-0.1, -0.05) is 18.2 Å². The predicted octanol–water partition coefficient (Wildman–Crippen LogP) is 3.55. The van der Waals surface area contributed by atoms with E-state index >= 15 is 0 Å². The van der Waals surface area contributed by atoms with Crippen LogP contribution in [0.25, 0.3) is 0 Å². The Bertz CT molecular complexity index is 329. The third-order valence-corrected chi connectivity index (χ3v) is 1.74. The molecule has 0 aliphatic heterocycles. The highest BCUT2D eigenvalue weighted by molar-refractivity contribution is 5.39. The van der Waals surface area contributed by atoms with Gasteiger partial charge in [0.25, 0.3) is 0 Å². The zero-order valence-electron chi connectivity index (χ0n) is 8.98. The van der Waals surface area contributed by atoms with E-state index in [4.69, 9.17) is 9.47 Å². The van der Waals surface area contributed by atoms with Crippen LogP contribution in [-0.2, 0) is 0 Å². The van der Waals surface area contributed by atoms with Gasteiger partial charge in [0.05, 0.1) is 12.9 Å². The number of ether oxygens (including phenoxy) is 2. The van der Waals surface area contributed by atoms with Crippen LogP contribution in [0.3, 0.4) is 0 Å². The first-order valence-corrected chi connectivity index (χ1v) is 5.03. The van der Waals surface area contributed by atoms with Crippen molar-refractivity contribution in [3.05, 3.63) is 49.3 Å². The van der Waals surface area contributed by atoms with Gasteiger partial charge in [-0.15, -0.1) is 6.58 Å². The van der Waals surface area contributed by atoms with Crippen molar-refractivity contribution in [1.82, 2.24) is 0 Å². The molecule has 0 aliphatic rings. The Hall–Kier alpha value is -1.70. The molecule has 0 aliphatic carbocycles. The predicted molar refractivity (Wildman–Crippen MR) is 62.2 cm³/mol. The van der Waals surface area contributed by atoms with Crippen LogP contribution in [0.2, 0.25) is 0 Å². The Labute approximate surface area is 90.8 Å². The molecule has 0 aromatic heterocycles. The molecule has 0 radical (unpaired) electrons. The Morgan fingerprint density at radius 3 is 2.67 bits per heavy atom. The molecule has 0 atom stereocenters. The molecule has 1 aromatic rings. The number of hydrogen-bond acceptors (Lipinski definition) is 2. The molecule has 1 rings (SSSR count). The quantitative estimate of drug-likeness (QED) is 0.521. The summed E-state index contributed by atoms with van der Waals surface area (Å²) in [6.07, 6.45) is 6.17. The highest BCUT2D eigenvalue weighted by atomic mass is 16.5. The molecule has 0 bridgehead atoms. The summed E-state index contributed by atoms with van der Waals surface area (Å²) in [6, 6.07) is 7.61. The molecule has 0 unspecified atom stereocenters. The van der Waals surface area contributed by atoms with Crippen LogP contribution < -0.4 is 9.47 Å². The maximum Gasteiger partial charge on any atom is 0.168 e. The maximum absolute atomic E-state index is 5.44. The monoisotopic (exact) mass is 204 g/mol. The van der Waals surface area contributed by atoms with Crippen LogP contribution in [0, 0.1) is 0 Å². The summed E-state index contributed by atoms with van der Waals surface area (Å²) >= 11 is 0. The molecule has 15 heavy (non-hydrogen) atoms. The van der Waals surface area contributed by atoms with Gasteiger partial charge < -0.3 is 9.47 Å². The zero-order valence-corrected chi connectivity index (χ0v) is 8.98.